The molecule has 9 heteroatoms. The zero-order valence-electron chi connectivity index (χ0n) is 19.1. The number of pyridine rings is 1. The van der Waals surface area contributed by atoms with Gasteiger partial charge < -0.3 is 20.1 Å². The number of carbonyl (C=O) groups is 1. The Hall–Kier alpha value is -3.11. The predicted octanol–water partition coefficient (Wildman–Crippen LogP) is 3.09. The molecule has 0 aliphatic carbocycles. The summed E-state index contributed by atoms with van der Waals surface area (Å²) in [7, 11) is 0. The number of primary amides is 1. The lowest BCUT2D eigenvalue weighted by molar-refractivity contribution is -0.157. The van der Waals surface area contributed by atoms with E-state index in [1.807, 2.05) is 37.3 Å². The molecule has 2 aromatic rings. The lowest BCUT2D eigenvalue weighted by Gasteiger charge is -2.37. The van der Waals surface area contributed by atoms with Crippen LogP contribution in [0.25, 0.3) is 0 Å². The van der Waals surface area contributed by atoms with E-state index in [0.717, 1.165) is 30.2 Å². The van der Waals surface area contributed by atoms with Crippen LogP contribution in [0.15, 0.2) is 35.4 Å². The number of nitriles is 2. The molecule has 1 aromatic heterocycles. The quantitative estimate of drug-likeness (QED) is 0.575. The van der Waals surface area contributed by atoms with Crippen molar-refractivity contribution in [3.05, 3.63) is 52.6 Å². The maximum Gasteiger partial charge on any atom is 0.235 e. The average molecular weight is 478 g/mol. The lowest BCUT2D eigenvalue weighted by Crippen LogP contribution is -2.44. The zero-order valence-corrected chi connectivity index (χ0v) is 19.9. The van der Waals surface area contributed by atoms with Crippen LogP contribution in [-0.4, -0.2) is 49.4 Å². The average Bonchev–Trinajstić information content (AvgIpc) is 2.84. The number of hydrogen-bond donors (Lipinski definition) is 1. The molecule has 2 saturated heterocycles. The van der Waals surface area contributed by atoms with E-state index >= 15 is 0 Å². The third-order valence-corrected chi connectivity index (χ3v) is 7.41. The Bertz CT molecular complexity index is 1120. The van der Waals surface area contributed by atoms with Crippen LogP contribution in [0.3, 0.4) is 0 Å². The van der Waals surface area contributed by atoms with Crippen molar-refractivity contribution in [3.63, 3.8) is 0 Å². The van der Waals surface area contributed by atoms with Crippen LogP contribution in [0.4, 0.5) is 5.82 Å². The Morgan fingerprint density at radius 1 is 1.21 bits per heavy atom. The Morgan fingerprint density at radius 2 is 1.88 bits per heavy atom. The smallest absolute Gasteiger partial charge is 0.235 e. The summed E-state index contributed by atoms with van der Waals surface area (Å²) in [4.78, 5) is 19.2. The maximum absolute atomic E-state index is 12.3. The fourth-order valence-electron chi connectivity index (χ4n) is 4.30. The van der Waals surface area contributed by atoms with Gasteiger partial charge in [0.2, 0.25) is 5.91 Å². The Morgan fingerprint density at radius 3 is 2.41 bits per heavy atom. The minimum atomic E-state index is -0.699. The first-order valence-electron chi connectivity index (χ1n) is 11.4. The summed E-state index contributed by atoms with van der Waals surface area (Å²) in [6.45, 7) is 4.60. The number of nitrogens with zero attached hydrogens (tertiary/aromatic N) is 4. The number of amides is 1. The van der Waals surface area contributed by atoms with Crippen LogP contribution < -0.4 is 10.6 Å². The van der Waals surface area contributed by atoms with E-state index in [-0.39, 0.29) is 12.2 Å². The molecule has 1 aromatic carbocycles. The van der Waals surface area contributed by atoms with Gasteiger partial charge in [-0.25, -0.2) is 4.98 Å². The molecule has 8 nitrogen and oxygen atoms in total. The molecule has 176 valence electrons. The van der Waals surface area contributed by atoms with E-state index in [9.17, 15) is 15.3 Å². The number of hydrogen-bond acceptors (Lipinski definition) is 8. The summed E-state index contributed by atoms with van der Waals surface area (Å²) in [5.74, 6) is 0.0475. The first-order chi connectivity index (χ1) is 16.5. The number of carbonyl (C=O) groups excluding carboxylic acids is 1. The summed E-state index contributed by atoms with van der Waals surface area (Å²) >= 11 is 1.16. The van der Waals surface area contributed by atoms with Gasteiger partial charge in [0.15, 0.2) is 0 Å². The molecule has 0 saturated carbocycles. The maximum atomic E-state index is 12.3. The lowest BCUT2D eigenvalue weighted by atomic mass is 10.0. The summed E-state index contributed by atoms with van der Waals surface area (Å²) in [5.41, 5.74) is 7.88. The second-order valence-corrected chi connectivity index (χ2v) is 9.43. The summed E-state index contributed by atoms with van der Waals surface area (Å²) in [6, 6.07) is 13.7. The third kappa shape index (κ3) is 5.02. The third-order valence-electron chi connectivity index (χ3n) is 6.15. The molecule has 2 N–H and O–H groups in total. The molecule has 0 spiro atoms. The van der Waals surface area contributed by atoms with Gasteiger partial charge in [-0.2, -0.15) is 10.5 Å². The number of nitrogens with two attached hydrogens (primary N) is 1. The van der Waals surface area contributed by atoms with Crippen LogP contribution in [0.1, 0.15) is 47.3 Å². The van der Waals surface area contributed by atoms with E-state index in [0.29, 0.717) is 60.3 Å². The highest BCUT2D eigenvalue weighted by molar-refractivity contribution is 8.00. The van der Waals surface area contributed by atoms with Crippen LogP contribution in [0.5, 0.6) is 0 Å². The number of piperidine rings is 1. The monoisotopic (exact) mass is 477 g/mol. The molecule has 2 fully saturated rings. The summed E-state index contributed by atoms with van der Waals surface area (Å²) < 4.78 is 11.3. The minimum Gasteiger partial charge on any atom is -0.376 e. The van der Waals surface area contributed by atoms with Crippen LogP contribution >= 0.6 is 11.8 Å². The number of thioether (sulfide) groups is 1. The van der Waals surface area contributed by atoms with E-state index in [4.69, 9.17) is 20.2 Å². The van der Waals surface area contributed by atoms with Gasteiger partial charge in [0.25, 0.3) is 0 Å². The molecule has 4 rings (SSSR count). The van der Waals surface area contributed by atoms with Gasteiger partial charge in [-0.3, -0.25) is 4.79 Å². The molecule has 2 aliphatic rings. The van der Waals surface area contributed by atoms with Crippen molar-refractivity contribution < 1.29 is 14.3 Å². The highest BCUT2D eigenvalue weighted by Gasteiger charge is 2.31. The molecule has 1 atom stereocenters. The Balaban J connectivity index is 1.66. The van der Waals surface area contributed by atoms with Gasteiger partial charge in [-0.05, 0) is 30.4 Å². The molecule has 2 aliphatic heterocycles. The van der Waals surface area contributed by atoms with Crippen molar-refractivity contribution in [1.29, 1.82) is 10.5 Å². The van der Waals surface area contributed by atoms with E-state index in [1.54, 1.807) is 0 Å². The van der Waals surface area contributed by atoms with Gasteiger partial charge in [0.05, 0.1) is 30.4 Å². The van der Waals surface area contributed by atoms with Crippen LogP contribution in [-0.2, 0) is 20.7 Å². The molecule has 1 unspecified atom stereocenters. The summed E-state index contributed by atoms with van der Waals surface area (Å²) in [5, 5.41) is 19.7. The molecule has 1 amide bonds. The number of ether oxygens (including phenoxy) is 2. The molecule has 3 heterocycles. The van der Waals surface area contributed by atoms with Crippen LogP contribution in [0, 0.1) is 22.7 Å². The van der Waals surface area contributed by atoms with Gasteiger partial charge in [-0.15, -0.1) is 0 Å². The van der Waals surface area contributed by atoms with Crippen LogP contribution in [0.2, 0.25) is 0 Å². The fourth-order valence-corrected chi connectivity index (χ4v) is 5.35. The summed E-state index contributed by atoms with van der Waals surface area (Å²) in [6.07, 6.45) is 2.48. The molecule has 34 heavy (non-hydrogen) atoms. The number of rotatable bonds is 8. The largest absolute Gasteiger partial charge is 0.376 e. The standard InChI is InChI=1S/C25H27N5O3S/c1-2-19-20(12-26)24(30-10-8-17(9-11-30)33-18-14-32-15-18)29-25(21(19)13-27)34-22(23(28)31)16-6-4-3-5-7-16/h3-7,17-18,22H,2,8-11,14-15H2,1H3,(H2,28,31). The second-order valence-electron chi connectivity index (χ2n) is 8.34. The van der Waals surface area contributed by atoms with Crippen molar-refractivity contribution in [2.24, 2.45) is 5.73 Å². The first kappa shape index (κ1) is 24.0. The Kier molecular flexibility index (Phi) is 7.69. The molecule has 0 bridgehead atoms. The van der Waals surface area contributed by atoms with Gasteiger partial charge in [-0.1, -0.05) is 49.0 Å². The molecule has 0 radical (unpaired) electrons. The number of aromatic nitrogens is 1. The number of anilines is 1. The highest BCUT2D eigenvalue weighted by atomic mass is 32.2. The topological polar surface area (TPSA) is 125 Å². The fraction of sp³-hybridized carbons (Fsp3) is 0.440. The predicted molar refractivity (Wildman–Crippen MR) is 128 cm³/mol. The molecular formula is C25H27N5O3S. The van der Waals surface area contributed by atoms with E-state index in [1.165, 1.54) is 0 Å². The minimum absolute atomic E-state index is 0.158. The van der Waals surface area contributed by atoms with Crippen molar-refractivity contribution in [2.45, 2.75) is 48.7 Å². The number of benzene rings is 1. The van der Waals surface area contributed by atoms with Crippen molar-refractivity contribution >= 4 is 23.5 Å². The first-order valence-corrected chi connectivity index (χ1v) is 12.3. The molecular weight excluding hydrogens is 450 g/mol. The van der Waals surface area contributed by atoms with E-state index < -0.39 is 11.2 Å². The van der Waals surface area contributed by atoms with Gasteiger partial charge >= 0.3 is 0 Å². The Labute approximate surface area is 203 Å². The van der Waals surface area contributed by atoms with Gasteiger partial charge in [0.1, 0.15) is 34.3 Å². The van der Waals surface area contributed by atoms with Crippen molar-refractivity contribution in [1.82, 2.24) is 4.98 Å². The second kappa shape index (κ2) is 10.9. The normalized spacial score (nSPS) is 17.4. The van der Waals surface area contributed by atoms with E-state index in [2.05, 4.69) is 17.0 Å². The zero-order chi connectivity index (χ0) is 24.1. The van der Waals surface area contributed by atoms with Crippen molar-refractivity contribution in [3.8, 4) is 12.1 Å². The van der Waals surface area contributed by atoms with Crippen molar-refractivity contribution in [2.75, 3.05) is 31.2 Å². The van der Waals surface area contributed by atoms with Gasteiger partial charge in [0, 0.05) is 13.1 Å². The highest BCUT2D eigenvalue weighted by Crippen LogP contribution is 2.40. The SMILES string of the molecule is CCc1c(C#N)c(SC(C(N)=O)c2ccccc2)nc(N2CCC(OC3COC3)CC2)c1C#N.